The van der Waals surface area contributed by atoms with Crippen LogP contribution in [0.1, 0.15) is 32.6 Å². The fourth-order valence-electron chi connectivity index (χ4n) is 2.09. The van der Waals surface area contributed by atoms with Crippen LogP contribution in [-0.2, 0) is 9.59 Å². The van der Waals surface area contributed by atoms with Crippen molar-refractivity contribution in [1.82, 2.24) is 10.6 Å². The maximum atomic E-state index is 11.0. The van der Waals surface area contributed by atoms with Crippen molar-refractivity contribution in [3.63, 3.8) is 0 Å². The van der Waals surface area contributed by atoms with Crippen LogP contribution in [0.4, 0.5) is 0 Å². The topological polar surface area (TPSA) is 82.0 Å². The molecule has 0 aromatic rings. The van der Waals surface area contributed by atoms with E-state index in [2.05, 4.69) is 10.6 Å². The summed E-state index contributed by atoms with van der Waals surface area (Å²) in [6, 6.07) is 1.44. The number of nitrogens with one attached hydrogen (secondary N) is 2. The Balaban J connectivity index is 2.48. The fourth-order valence-corrected chi connectivity index (χ4v) is 2.09. The average Bonchev–Trinajstić information content (AvgIpc) is 3.07. The highest BCUT2D eigenvalue weighted by molar-refractivity contribution is 5.73. The number of hydrogen-bond acceptors (Lipinski definition) is 4. The van der Waals surface area contributed by atoms with Crippen molar-refractivity contribution in [1.29, 1.82) is 5.26 Å². The van der Waals surface area contributed by atoms with Crippen molar-refractivity contribution in [2.75, 3.05) is 7.05 Å². The van der Waals surface area contributed by atoms with E-state index in [0.717, 1.165) is 25.5 Å². The summed E-state index contributed by atoms with van der Waals surface area (Å²) < 4.78 is 0. The Morgan fingerprint density at radius 1 is 1.59 bits per heavy atom. The summed E-state index contributed by atoms with van der Waals surface area (Å²) in [6.45, 7) is 1.37. The molecule has 0 radical (unpaired) electrons. The summed E-state index contributed by atoms with van der Waals surface area (Å²) in [5, 5.41) is 14.7. The molecule has 2 N–H and O–H groups in total. The molecule has 0 saturated heterocycles. The van der Waals surface area contributed by atoms with E-state index in [1.807, 2.05) is 13.1 Å². The molecule has 5 nitrogen and oxygen atoms in total. The number of nitrogens with zero attached hydrogens (tertiary/aromatic N) is 1. The van der Waals surface area contributed by atoms with Crippen LogP contribution < -0.4 is 10.6 Å². The Hall–Kier alpha value is -1.41. The zero-order valence-electron chi connectivity index (χ0n) is 10.3. The smallest absolute Gasteiger partial charge is 0.217 e. The number of amides is 1. The molecule has 0 aromatic carbocycles. The van der Waals surface area contributed by atoms with Crippen molar-refractivity contribution < 1.29 is 9.59 Å². The molecule has 5 heteroatoms. The number of carbonyl (C=O) groups excluding carboxylic acids is 2. The second-order valence-corrected chi connectivity index (χ2v) is 4.75. The quantitative estimate of drug-likeness (QED) is 0.626. The van der Waals surface area contributed by atoms with Crippen LogP contribution in [0.25, 0.3) is 0 Å². The Bertz CT molecular complexity index is 331. The van der Waals surface area contributed by atoms with Gasteiger partial charge in [-0.05, 0) is 32.7 Å². The molecule has 17 heavy (non-hydrogen) atoms. The van der Waals surface area contributed by atoms with E-state index < -0.39 is 6.04 Å². The molecular weight excluding hydrogens is 218 g/mol. The molecule has 1 amide bonds. The lowest BCUT2D eigenvalue weighted by Gasteiger charge is -2.20. The van der Waals surface area contributed by atoms with E-state index >= 15 is 0 Å². The van der Waals surface area contributed by atoms with Crippen LogP contribution in [0.5, 0.6) is 0 Å². The van der Waals surface area contributed by atoms with Crippen LogP contribution in [-0.4, -0.2) is 30.8 Å². The lowest BCUT2D eigenvalue weighted by molar-refractivity contribution is -0.120. The van der Waals surface area contributed by atoms with Gasteiger partial charge in [0.2, 0.25) is 5.91 Å². The first-order valence-electron chi connectivity index (χ1n) is 5.86. The highest BCUT2D eigenvalue weighted by Crippen LogP contribution is 2.41. The molecule has 1 fully saturated rings. The van der Waals surface area contributed by atoms with Crippen LogP contribution in [0.15, 0.2) is 0 Å². The monoisotopic (exact) mass is 237 g/mol. The van der Waals surface area contributed by atoms with Gasteiger partial charge in [0.1, 0.15) is 12.3 Å². The minimum absolute atomic E-state index is 0.0851. The first kappa shape index (κ1) is 13.7. The van der Waals surface area contributed by atoms with Gasteiger partial charge in [-0.15, -0.1) is 0 Å². The van der Waals surface area contributed by atoms with Gasteiger partial charge in [-0.3, -0.25) is 4.79 Å². The molecule has 1 aliphatic carbocycles. The first-order valence-corrected chi connectivity index (χ1v) is 5.86. The Morgan fingerprint density at radius 2 is 2.24 bits per heavy atom. The number of nitriles is 1. The van der Waals surface area contributed by atoms with Crippen molar-refractivity contribution in [3.8, 4) is 6.07 Å². The maximum absolute atomic E-state index is 11.0. The summed E-state index contributed by atoms with van der Waals surface area (Å²) in [7, 11) is 1.89. The van der Waals surface area contributed by atoms with Crippen LogP contribution in [0, 0.1) is 17.2 Å². The molecule has 2 atom stereocenters. The summed E-state index contributed by atoms with van der Waals surface area (Å²) in [5.41, 5.74) is 0.0851. The molecule has 1 aliphatic rings. The molecule has 0 spiro atoms. The second kappa shape index (κ2) is 5.78. The van der Waals surface area contributed by atoms with Gasteiger partial charge in [0.25, 0.3) is 0 Å². The molecule has 0 heterocycles. The van der Waals surface area contributed by atoms with Gasteiger partial charge in [0.05, 0.1) is 6.07 Å². The third-order valence-electron chi connectivity index (χ3n) is 3.30. The number of rotatable bonds is 7. The zero-order chi connectivity index (χ0) is 12.9. The van der Waals surface area contributed by atoms with E-state index in [0.29, 0.717) is 6.42 Å². The number of aldehydes is 1. The predicted molar refractivity (Wildman–Crippen MR) is 63.0 cm³/mol. The highest BCUT2D eigenvalue weighted by atomic mass is 16.1. The Morgan fingerprint density at radius 3 is 2.59 bits per heavy atom. The lowest BCUT2D eigenvalue weighted by Crippen LogP contribution is -2.36. The molecular formula is C12H19N3O2. The standard InChI is InChI=1S/C12H19N3O2/c1-9(17)15-11(7-13)5-10(8-16)6-12(14-2)3-4-12/h8,10-11,14H,3-6H2,1-2H3,(H,15,17). The molecule has 94 valence electrons. The summed E-state index contributed by atoms with van der Waals surface area (Å²) in [5.74, 6) is -0.419. The lowest BCUT2D eigenvalue weighted by atomic mass is 9.93. The molecule has 0 aliphatic heterocycles. The van der Waals surface area contributed by atoms with Gasteiger partial charge in [0.15, 0.2) is 0 Å². The average molecular weight is 237 g/mol. The van der Waals surface area contributed by atoms with Gasteiger partial charge in [-0.2, -0.15) is 5.26 Å². The van der Waals surface area contributed by atoms with Crippen molar-refractivity contribution in [2.24, 2.45) is 5.92 Å². The minimum atomic E-state index is -0.574. The highest BCUT2D eigenvalue weighted by Gasteiger charge is 2.42. The van der Waals surface area contributed by atoms with E-state index in [9.17, 15) is 9.59 Å². The van der Waals surface area contributed by atoms with Gasteiger partial charge in [-0.25, -0.2) is 0 Å². The van der Waals surface area contributed by atoms with Gasteiger partial charge in [-0.1, -0.05) is 0 Å². The van der Waals surface area contributed by atoms with Crippen molar-refractivity contribution in [3.05, 3.63) is 0 Å². The van der Waals surface area contributed by atoms with Gasteiger partial charge in [0, 0.05) is 18.4 Å². The summed E-state index contributed by atoms with van der Waals surface area (Å²) in [6.07, 6.45) is 4.17. The van der Waals surface area contributed by atoms with E-state index in [1.54, 1.807) is 0 Å². The molecule has 0 aromatic heterocycles. The largest absolute Gasteiger partial charge is 0.341 e. The molecule has 1 saturated carbocycles. The number of hydrogen-bond donors (Lipinski definition) is 2. The summed E-state index contributed by atoms with van der Waals surface area (Å²) in [4.78, 5) is 21.9. The molecule has 1 rings (SSSR count). The van der Waals surface area contributed by atoms with Crippen LogP contribution in [0.3, 0.4) is 0 Å². The first-order chi connectivity index (χ1) is 8.05. The Labute approximate surface area is 102 Å². The minimum Gasteiger partial charge on any atom is -0.341 e. The van der Waals surface area contributed by atoms with Crippen LogP contribution >= 0.6 is 0 Å². The maximum Gasteiger partial charge on any atom is 0.217 e. The zero-order valence-corrected chi connectivity index (χ0v) is 10.3. The second-order valence-electron chi connectivity index (χ2n) is 4.75. The van der Waals surface area contributed by atoms with Crippen molar-refractivity contribution in [2.45, 2.75) is 44.2 Å². The molecule has 0 bridgehead atoms. The predicted octanol–water partition coefficient (Wildman–Crippen LogP) is 0.362. The normalized spacial score (nSPS) is 19.8. The van der Waals surface area contributed by atoms with Gasteiger partial charge >= 0.3 is 0 Å². The van der Waals surface area contributed by atoms with Gasteiger partial charge < -0.3 is 15.4 Å². The SMILES string of the molecule is CNC1(CC(C=O)CC(C#N)NC(C)=O)CC1. The fraction of sp³-hybridized carbons (Fsp3) is 0.750. The number of carbonyl (C=O) groups is 2. The third kappa shape index (κ3) is 4.16. The van der Waals surface area contributed by atoms with Crippen molar-refractivity contribution >= 4 is 12.2 Å². The van der Waals surface area contributed by atoms with E-state index in [4.69, 9.17) is 5.26 Å². The van der Waals surface area contributed by atoms with E-state index in [-0.39, 0.29) is 17.4 Å². The Kier molecular flexibility index (Phi) is 4.64. The van der Waals surface area contributed by atoms with Crippen LogP contribution in [0.2, 0.25) is 0 Å². The summed E-state index contributed by atoms with van der Waals surface area (Å²) >= 11 is 0. The van der Waals surface area contributed by atoms with E-state index in [1.165, 1.54) is 6.92 Å². The third-order valence-corrected chi connectivity index (χ3v) is 3.30. The molecule has 2 unspecified atom stereocenters.